The van der Waals surface area contributed by atoms with Gasteiger partial charge in [0, 0.05) is 18.0 Å². The van der Waals surface area contributed by atoms with Gasteiger partial charge in [-0.25, -0.2) is 0 Å². The molecule has 1 aliphatic heterocycles. The van der Waals surface area contributed by atoms with Crippen LogP contribution in [0.25, 0.3) is 0 Å². The minimum Gasteiger partial charge on any atom is -0.352 e. The van der Waals surface area contributed by atoms with Crippen LogP contribution in [-0.4, -0.2) is 25.0 Å². The predicted octanol–water partition coefficient (Wildman–Crippen LogP) is 1.43. The number of amides is 1. The van der Waals surface area contributed by atoms with Crippen molar-refractivity contribution < 1.29 is 4.79 Å². The Labute approximate surface area is 92.0 Å². The van der Waals surface area contributed by atoms with Crippen molar-refractivity contribution in [3.63, 3.8) is 0 Å². The normalized spacial score (nSPS) is 30.1. The third-order valence-electron chi connectivity index (χ3n) is 3.90. The number of nitrogens with one attached hydrogen (secondary N) is 2. The highest BCUT2D eigenvalue weighted by molar-refractivity contribution is 5.82. The highest BCUT2D eigenvalue weighted by Crippen LogP contribution is 2.35. The number of carbonyl (C=O) groups excluding carboxylic acids is 1. The van der Waals surface area contributed by atoms with E-state index >= 15 is 0 Å². The van der Waals surface area contributed by atoms with Crippen LogP contribution in [0, 0.1) is 5.41 Å². The molecule has 0 aromatic heterocycles. The zero-order valence-corrected chi connectivity index (χ0v) is 9.64. The first-order valence-corrected chi connectivity index (χ1v) is 6.22. The first-order valence-electron chi connectivity index (χ1n) is 6.22. The quantitative estimate of drug-likeness (QED) is 0.724. The van der Waals surface area contributed by atoms with E-state index in [0.717, 1.165) is 32.4 Å². The van der Waals surface area contributed by atoms with Crippen molar-refractivity contribution in [3.05, 3.63) is 0 Å². The van der Waals surface area contributed by atoms with Crippen LogP contribution in [0.3, 0.4) is 0 Å². The summed E-state index contributed by atoms with van der Waals surface area (Å²) in [6.45, 7) is 4.12. The van der Waals surface area contributed by atoms with Crippen LogP contribution in [-0.2, 0) is 4.79 Å². The van der Waals surface area contributed by atoms with Crippen LogP contribution in [0.4, 0.5) is 0 Å². The molecule has 3 nitrogen and oxygen atoms in total. The Bertz CT molecular complexity index is 228. The third-order valence-corrected chi connectivity index (χ3v) is 3.90. The second-order valence-corrected chi connectivity index (χ2v) is 5.28. The van der Waals surface area contributed by atoms with Crippen LogP contribution in [0.2, 0.25) is 0 Å². The van der Waals surface area contributed by atoms with E-state index < -0.39 is 0 Å². The van der Waals surface area contributed by atoms with Crippen LogP contribution in [0.5, 0.6) is 0 Å². The molecule has 0 bridgehead atoms. The van der Waals surface area contributed by atoms with Crippen molar-refractivity contribution in [1.82, 2.24) is 10.6 Å². The first kappa shape index (κ1) is 10.9. The van der Waals surface area contributed by atoms with Gasteiger partial charge in [0.1, 0.15) is 0 Å². The fourth-order valence-electron chi connectivity index (χ4n) is 2.70. The second-order valence-electron chi connectivity index (χ2n) is 5.28. The van der Waals surface area contributed by atoms with Crippen LogP contribution in [0.1, 0.15) is 45.4 Å². The average Bonchev–Trinajstić information content (AvgIpc) is 2.71. The van der Waals surface area contributed by atoms with Gasteiger partial charge in [0.25, 0.3) is 0 Å². The second kappa shape index (κ2) is 4.52. The van der Waals surface area contributed by atoms with Gasteiger partial charge >= 0.3 is 0 Å². The van der Waals surface area contributed by atoms with E-state index in [-0.39, 0.29) is 11.3 Å². The van der Waals surface area contributed by atoms with Crippen molar-refractivity contribution in [2.45, 2.75) is 51.5 Å². The highest BCUT2D eigenvalue weighted by Gasteiger charge is 2.35. The number of hydrogen-bond donors (Lipinski definition) is 2. The van der Waals surface area contributed by atoms with Crippen LogP contribution < -0.4 is 10.6 Å². The molecule has 2 rings (SSSR count). The lowest BCUT2D eigenvalue weighted by atomic mass is 9.75. The topological polar surface area (TPSA) is 41.1 Å². The molecular weight excluding hydrogens is 188 g/mol. The molecule has 1 aliphatic carbocycles. The predicted molar refractivity (Wildman–Crippen MR) is 60.6 cm³/mol. The van der Waals surface area contributed by atoms with Gasteiger partial charge in [0.15, 0.2) is 0 Å². The lowest BCUT2D eigenvalue weighted by molar-refractivity contribution is -0.132. The molecule has 1 heterocycles. The lowest BCUT2D eigenvalue weighted by Crippen LogP contribution is -2.45. The van der Waals surface area contributed by atoms with Crippen molar-refractivity contribution in [2.24, 2.45) is 5.41 Å². The largest absolute Gasteiger partial charge is 0.352 e. The van der Waals surface area contributed by atoms with Gasteiger partial charge < -0.3 is 10.6 Å². The van der Waals surface area contributed by atoms with Crippen molar-refractivity contribution >= 4 is 5.91 Å². The van der Waals surface area contributed by atoms with Gasteiger partial charge in [-0.2, -0.15) is 0 Å². The zero-order chi connectivity index (χ0) is 10.7. The molecule has 1 amide bonds. The maximum absolute atomic E-state index is 12.1. The highest BCUT2D eigenvalue weighted by atomic mass is 16.2. The summed E-state index contributed by atoms with van der Waals surface area (Å²) in [6, 6.07) is 0.372. The van der Waals surface area contributed by atoms with Gasteiger partial charge in [-0.15, -0.1) is 0 Å². The molecule has 2 aliphatic rings. The Morgan fingerprint density at radius 3 is 2.67 bits per heavy atom. The SMILES string of the molecule is CC1(C(=O)NC2CCNC2)CCCCC1. The first-order chi connectivity index (χ1) is 7.21. The Balaban J connectivity index is 1.87. The van der Waals surface area contributed by atoms with Crippen molar-refractivity contribution in [3.8, 4) is 0 Å². The molecule has 15 heavy (non-hydrogen) atoms. The lowest BCUT2D eigenvalue weighted by Gasteiger charge is -2.33. The number of carbonyl (C=O) groups is 1. The standard InChI is InChI=1S/C12H22N2O/c1-12(6-3-2-4-7-12)11(15)14-10-5-8-13-9-10/h10,13H,2-9H2,1H3,(H,14,15). The van der Waals surface area contributed by atoms with Gasteiger partial charge in [0.05, 0.1) is 0 Å². The molecule has 1 saturated heterocycles. The van der Waals surface area contributed by atoms with E-state index in [1.807, 2.05) is 0 Å². The van der Waals surface area contributed by atoms with Gasteiger partial charge in [-0.3, -0.25) is 4.79 Å². The summed E-state index contributed by atoms with van der Waals surface area (Å²) in [4.78, 5) is 12.1. The molecule has 2 N–H and O–H groups in total. The average molecular weight is 210 g/mol. The summed E-state index contributed by atoms with van der Waals surface area (Å²) in [7, 11) is 0. The molecule has 1 saturated carbocycles. The molecule has 0 spiro atoms. The molecule has 86 valence electrons. The van der Waals surface area contributed by atoms with Gasteiger partial charge in [0.2, 0.25) is 5.91 Å². The third kappa shape index (κ3) is 2.51. The van der Waals surface area contributed by atoms with E-state index in [2.05, 4.69) is 17.6 Å². The summed E-state index contributed by atoms with van der Waals surface area (Å²) in [5.74, 6) is 0.288. The van der Waals surface area contributed by atoms with E-state index in [0.29, 0.717) is 6.04 Å². The summed E-state index contributed by atoms with van der Waals surface area (Å²) in [5.41, 5.74) is -0.0825. The maximum Gasteiger partial charge on any atom is 0.226 e. The Morgan fingerprint density at radius 1 is 1.33 bits per heavy atom. The van der Waals surface area contributed by atoms with Crippen LogP contribution >= 0.6 is 0 Å². The molecular formula is C12H22N2O. The minimum absolute atomic E-state index is 0.0825. The Kier molecular flexibility index (Phi) is 3.29. The number of hydrogen-bond acceptors (Lipinski definition) is 2. The van der Waals surface area contributed by atoms with Crippen LogP contribution in [0.15, 0.2) is 0 Å². The minimum atomic E-state index is -0.0825. The summed E-state index contributed by atoms with van der Waals surface area (Å²) in [6.07, 6.45) is 6.95. The fraction of sp³-hybridized carbons (Fsp3) is 0.917. The van der Waals surface area contributed by atoms with Gasteiger partial charge in [-0.1, -0.05) is 26.2 Å². The molecule has 1 atom stereocenters. The molecule has 0 aromatic rings. The van der Waals surface area contributed by atoms with E-state index in [1.165, 1.54) is 19.3 Å². The maximum atomic E-state index is 12.1. The Morgan fingerprint density at radius 2 is 2.07 bits per heavy atom. The summed E-state index contributed by atoms with van der Waals surface area (Å²) < 4.78 is 0. The summed E-state index contributed by atoms with van der Waals surface area (Å²) >= 11 is 0. The molecule has 3 heteroatoms. The van der Waals surface area contributed by atoms with E-state index in [1.54, 1.807) is 0 Å². The monoisotopic (exact) mass is 210 g/mol. The fourth-order valence-corrected chi connectivity index (χ4v) is 2.70. The molecule has 2 fully saturated rings. The van der Waals surface area contributed by atoms with E-state index in [4.69, 9.17) is 0 Å². The Hall–Kier alpha value is -0.570. The number of rotatable bonds is 2. The van der Waals surface area contributed by atoms with Gasteiger partial charge in [-0.05, 0) is 25.8 Å². The molecule has 0 aromatic carbocycles. The molecule has 0 radical (unpaired) electrons. The summed E-state index contributed by atoms with van der Waals surface area (Å²) in [5, 5.41) is 6.47. The smallest absolute Gasteiger partial charge is 0.226 e. The van der Waals surface area contributed by atoms with Crippen molar-refractivity contribution in [2.75, 3.05) is 13.1 Å². The van der Waals surface area contributed by atoms with Crippen molar-refractivity contribution in [1.29, 1.82) is 0 Å². The zero-order valence-electron chi connectivity index (χ0n) is 9.64. The van der Waals surface area contributed by atoms with E-state index in [9.17, 15) is 4.79 Å². The molecule has 1 unspecified atom stereocenters.